The average Bonchev–Trinajstić information content (AvgIpc) is 2.53. The summed E-state index contributed by atoms with van der Waals surface area (Å²) in [6.07, 6.45) is 6.38. The lowest BCUT2D eigenvalue weighted by Gasteiger charge is -2.23. The Hall–Kier alpha value is -1.46. The molecule has 0 radical (unpaired) electrons. The molecule has 128 valence electrons. The molecular weight excluding hydrogens is 316 g/mol. The van der Waals surface area contributed by atoms with Crippen LogP contribution in [0.4, 0.5) is 0 Å². The lowest BCUT2D eigenvalue weighted by Crippen LogP contribution is -2.30. The van der Waals surface area contributed by atoms with Crippen molar-refractivity contribution in [1.29, 1.82) is 0 Å². The van der Waals surface area contributed by atoms with Gasteiger partial charge in [-0.1, -0.05) is 30.9 Å². The molecule has 1 aliphatic rings. The van der Waals surface area contributed by atoms with Crippen molar-refractivity contribution in [3.8, 4) is 11.5 Å². The number of rotatable bonds is 8. The van der Waals surface area contributed by atoms with E-state index in [1.165, 1.54) is 32.1 Å². The van der Waals surface area contributed by atoms with Gasteiger partial charge >= 0.3 is 0 Å². The predicted molar refractivity (Wildman–Crippen MR) is 91.0 cm³/mol. The number of nitrogens with one attached hydrogen (secondary N) is 1. The molecule has 1 fully saturated rings. The fourth-order valence-corrected chi connectivity index (χ4v) is 3.13. The van der Waals surface area contributed by atoms with Gasteiger partial charge in [0, 0.05) is 12.6 Å². The minimum Gasteiger partial charge on any atom is -0.490 e. The topological polar surface area (TPSA) is 73.6 Å². The molecule has 5 nitrogen and oxygen atoms in total. The normalized spacial score (nSPS) is 15.4. The molecule has 0 atom stereocenters. The molecule has 1 aliphatic carbocycles. The van der Waals surface area contributed by atoms with Crippen molar-refractivity contribution in [2.24, 2.45) is 5.73 Å². The van der Waals surface area contributed by atoms with Gasteiger partial charge in [0.25, 0.3) is 5.91 Å². The number of hydrogen-bond acceptors (Lipinski definition) is 4. The van der Waals surface area contributed by atoms with Gasteiger partial charge in [-0.05, 0) is 37.5 Å². The Bertz CT molecular complexity index is 531. The van der Waals surface area contributed by atoms with Crippen LogP contribution >= 0.6 is 11.6 Å². The molecule has 2 rings (SSSR count). The number of carbonyl (C=O) groups excluding carboxylic acids is 1. The van der Waals surface area contributed by atoms with Crippen molar-refractivity contribution in [3.63, 3.8) is 0 Å². The van der Waals surface area contributed by atoms with E-state index < -0.39 is 5.91 Å². The molecule has 1 aromatic rings. The Balaban J connectivity index is 2.06. The van der Waals surface area contributed by atoms with Gasteiger partial charge in [-0.25, -0.2) is 0 Å². The number of hydrogen-bond donors (Lipinski definition) is 2. The molecule has 1 aromatic carbocycles. The zero-order valence-electron chi connectivity index (χ0n) is 13.6. The first-order valence-corrected chi connectivity index (χ1v) is 8.57. The van der Waals surface area contributed by atoms with Gasteiger partial charge in [0.1, 0.15) is 0 Å². The van der Waals surface area contributed by atoms with E-state index >= 15 is 0 Å². The number of benzene rings is 1. The molecule has 0 unspecified atom stereocenters. The highest BCUT2D eigenvalue weighted by Crippen LogP contribution is 2.36. The molecule has 23 heavy (non-hydrogen) atoms. The first kappa shape index (κ1) is 17.9. The minimum absolute atomic E-state index is 0.223. The molecule has 1 amide bonds. The van der Waals surface area contributed by atoms with Gasteiger partial charge in [-0.15, -0.1) is 0 Å². The number of ether oxygens (including phenoxy) is 2. The standard InChI is InChI=1S/C17H25ClN2O3/c1-2-22-15-9-12(10-20-13-6-4-3-5-7-13)8-14(18)17(15)23-11-16(19)21/h8-9,13,20H,2-7,10-11H2,1H3,(H2,19,21). The Morgan fingerprint density at radius 3 is 2.70 bits per heavy atom. The van der Waals surface area contributed by atoms with E-state index in [4.69, 9.17) is 26.8 Å². The Morgan fingerprint density at radius 1 is 1.30 bits per heavy atom. The van der Waals surface area contributed by atoms with Crippen LogP contribution in [0.2, 0.25) is 5.02 Å². The van der Waals surface area contributed by atoms with E-state index in [9.17, 15) is 4.79 Å². The van der Waals surface area contributed by atoms with E-state index in [-0.39, 0.29) is 6.61 Å². The largest absolute Gasteiger partial charge is 0.490 e. The van der Waals surface area contributed by atoms with Gasteiger partial charge in [-0.3, -0.25) is 4.79 Å². The number of nitrogens with two attached hydrogens (primary N) is 1. The average molecular weight is 341 g/mol. The van der Waals surface area contributed by atoms with Crippen LogP contribution in [0.1, 0.15) is 44.6 Å². The van der Waals surface area contributed by atoms with Crippen LogP contribution in [0.5, 0.6) is 11.5 Å². The lowest BCUT2D eigenvalue weighted by atomic mass is 9.95. The number of amides is 1. The van der Waals surface area contributed by atoms with E-state index in [1.54, 1.807) is 0 Å². The summed E-state index contributed by atoms with van der Waals surface area (Å²) in [5.74, 6) is 0.363. The predicted octanol–water partition coefficient (Wildman–Crippen LogP) is 3.03. The molecular formula is C17H25ClN2O3. The Kier molecular flexibility index (Phi) is 6.99. The number of primary amides is 1. The second-order valence-electron chi connectivity index (χ2n) is 5.81. The Labute approximate surface area is 142 Å². The van der Waals surface area contributed by atoms with E-state index in [1.807, 2.05) is 19.1 Å². The summed E-state index contributed by atoms with van der Waals surface area (Å²) >= 11 is 6.29. The smallest absolute Gasteiger partial charge is 0.255 e. The molecule has 0 aromatic heterocycles. The van der Waals surface area contributed by atoms with Gasteiger partial charge in [0.15, 0.2) is 18.1 Å². The van der Waals surface area contributed by atoms with Crippen LogP contribution < -0.4 is 20.5 Å². The first-order chi connectivity index (χ1) is 11.1. The van der Waals surface area contributed by atoms with Crippen molar-refractivity contribution < 1.29 is 14.3 Å². The first-order valence-electron chi connectivity index (χ1n) is 8.20. The third kappa shape index (κ3) is 5.59. The molecule has 6 heteroatoms. The second-order valence-corrected chi connectivity index (χ2v) is 6.22. The van der Waals surface area contributed by atoms with Crippen molar-refractivity contribution in [1.82, 2.24) is 5.32 Å². The van der Waals surface area contributed by atoms with Gasteiger partial charge in [0.05, 0.1) is 11.6 Å². The van der Waals surface area contributed by atoms with Crippen LogP contribution in [0, 0.1) is 0 Å². The molecule has 1 saturated carbocycles. The highest BCUT2D eigenvalue weighted by molar-refractivity contribution is 6.32. The van der Waals surface area contributed by atoms with Crippen molar-refractivity contribution in [2.45, 2.75) is 51.6 Å². The Morgan fingerprint density at radius 2 is 2.04 bits per heavy atom. The van der Waals surface area contributed by atoms with E-state index in [2.05, 4.69) is 5.32 Å². The summed E-state index contributed by atoms with van der Waals surface area (Å²) in [4.78, 5) is 10.9. The summed E-state index contributed by atoms with van der Waals surface area (Å²) in [6, 6.07) is 4.32. The molecule has 0 aliphatic heterocycles. The summed E-state index contributed by atoms with van der Waals surface area (Å²) in [7, 11) is 0. The van der Waals surface area contributed by atoms with Crippen LogP contribution in [-0.2, 0) is 11.3 Å². The third-order valence-corrected chi connectivity index (χ3v) is 4.21. The van der Waals surface area contributed by atoms with Crippen molar-refractivity contribution >= 4 is 17.5 Å². The molecule has 3 N–H and O–H groups in total. The molecule has 0 bridgehead atoms. The maximum absolute atomic E-state index is 10.9. The van der Waals surface area contributed by atoms with Crippen molar-refractivity contribution in [3.05, 3.63) is 22.7 Å². The third-order valence-electron chi connectivity index (χ3n) is 3.93. The van der Waals surface area contributed by atoms with Gasteiger partial charge in [-0.2, -0.15) is 0 Å². The maximum atomic E-state index is 10.9. The summed E-state index contributed by atoms with van der Waals surface area (Å²) < 4.78 is 11.0. The van der Waals surface area contributed by atoms with Crippen LogP contribution in [0.15, 0.2) is 12.1 Å². The zero-order valence-corrected chi connectivity index (χ0v) is 14.3. The lowest BCUT2D eigenvalue weighted by molar-refractivity contribution is -0.119. The fraction of sp³-hybridized carbons (Fsp3) is 0.588. The van der Waals surface area contributed by atoms with Gasteiger partial charge in [0.2, 0.25) is 0 Å². The fourth-order valence-electron chi connectivity index (χ4n) is 2.84. The zero-order chi connectivity index (χ0) is 16.7. The SMILES string of the molecule is CCOc1cc(CNC2CCCCC2)cc(Cl)c1OCC(N)=O. The highest BCUT2D eigenvalue weighted by Gasteiger charge is 2.16. The maximum Gasteiger partial charge on any atom is 0.255 e. The quantitative estimate of drug-likeness (QED) is 0.763. The summed E-state index contributed by atoms with van der Waals surface area (Å²) in [5.41, 5.74) is 6.15. The number of halogens is 1. The summed E-state index contributed by atoms with van der Waals surface area (Å²) in [6.45, 7) is 2.89. The monoisotopic (exact) mass is 340 g/mol. The highest BCUT2D eigenvalue weighted by atomic mass is 35.5. The second kappa shape index (κ2) is 8.99. The van der Waals surface area contributed by atoms with Crippen LogP contribution in [0.3, 0.4) is 0 Å². The minimum atomic E-state index is -0.549. The molecule has 0 spiro atoms. The van der Waals surface area contributed by atoms with E-state index in [0.29, 0.717) is 29.2 Å². The molecule has 0 saturated heterocycles. The van der Waals surface area contributed by atoms with Crippen LogP contribution in [0.25, 0.3) is 0 Å². The summed E-state index contributed by atoms with van der Waals surface area (Å²) in [5, 5.41) is 4.00. The van der Waals surface area contributed by atoms with E-state index in [0.717, 1.165) is 12.1 Å². The number of carbonyl (C=O) groups is 1. The van der Waals surface area contributed by atoms with Crippen molar-refractivity contribution in [2.75, 3.05) is 13.2 Å². The van der Waals surface area contributed by atoms with Crippen LogP contribution in [-0.4, -0.2) is 25.2 Å². The molecule has 0 heterocycles. The van der Waals surface area contributed by atoms with Gasteiger partial charge < -0.3 is 20.5 Å².